The molecule has 1 aromatic carbocycles. The normalized spacial score (nSPS) is 22.1. The van der Waals surface area contributed by atoms with Crippen LogP contribution in [0, 0.1) is 5.41 Å². The second-order valence-corrected chi connectivity index (χ2v) is 8.08. The van der Waals surface area contributed by atoms with Crippen molar-refractivity contribution >= 4 is 34.0 Å². The van der Waals surface area contributed by atoms with Crippen molar-refractivity contribution < 1.29 is 8.42 Å². The van der Waals surface area contributed by atoms with E-state index in [0.29, 0.717) is 18.1 Å². The van der Waals surface area contributed by atoms with Gasteiger partial charge in [-0.1, -0.05) is 23.7 Å². The van der Waals surface area contributed by atoms with Crippen LogP contribution in [0.1, 0.15) is 19.3 Å². The summed E-state index contributed by atoms with van der Waals surface area (Å²) in [5, 5.41) is 3.65. The molecule has 2 aliphatic heterocycles. The Kier molecular flexibility index (Phi) is 5.21. The zero-order chi connectivity index (χ0) is 14.2. The molecule has 1 aromatic rings. The Morgan fingerprint density at radius 1 is 1.14 bits per heavy atom. The Bertz CT molecular complexity index is 601. The summed E-state index contributed by atoms with van der Waals surface area (Å²) in [6.45, 7) is 3.20. The van der Waals surface area contributed by atoms with Gasteiger partial charge in [0.1, 0.15) is 4.90 Å². The molecular weight excluding hydrogens is 331 g/mol. The van der Waals surface area contributed by atoms with E-state index in [4.69, 9.17) is 11.6 Å². The number of rotatable bonds is 2. The van der Waals surface area contributed by atoms with Crippen LogP contribution in [0.2, 0.25) is 5.02 Å². The summed E-state index contributed by atoms with van der Waals surface area (Å²) in [6.07, 6.45) is 3.07. The zero-order valence-electron chi connectivity index (χ0n) is 11.7. The van der Waals surface area contributed by atoms with Crippen molar-refractivity contribution in [2.75, 3.05) is 26.2 Å². The zero-order valence-corrected chi connectivity index (χ0v) is 14.1. The number of nitrogens with zero attached hydrogens (tertiary/aromatic N) is 1. The lowest BCUT2D eigenvalue weighted by Gasteiger charge is -2.33. The van der Waals surface area contributed by atoms with Crippen LogP contribution in [-0.2, 0) is 10.0 Å². The predicted octanol–water partition coefficient (Wildman–Crippen LogP) is 2.53. The molecule has 0 bridgehead atoms. The second-order valence-electron chi connectivity index (χ2n) is 5.77. The third-order valence-corrected chi connectivity index (χ3v) is 6.87. The highest BCUT2D eigenvalue weighted by molar-refractivity contribution is 7.89. The maximum atomic E-state index is 12.7. The lowest BCUT2D eigenvalue weighted by Crippen LogP contribution is -2.39. The molecular formula is C14H20Cl2N2O2S. The van der Waals surface area contributed by atoms with E-state index in [1.165, 1.54) is 0 Å². The Morgan fingerprint density at radius 3 is 2.48 bits per heavy atom. The summed E-state index contributed by atoms with van der Waals surface area (Å²) in [5.41, 5.74) is 0.166. The van der Waals surface area contributed by atoms with Gasteiger partial charge in [0.05, 0.1) is 5.02 Å². The average molecular weight is 351 g/mol. The highest BCUT2D eigenvalue weighted by atomic mass is 35.5. The number of benzene rings is 1. The minimum atomic E-state index is -3.46. The van der Waals surface area contributed by atoms with Crippen molar-refractivity contribution in [1.29, 1.82) is 0 Å². The molecule has 0 radical (unpaired) electrons. The van der Waals surface area contributed by atoms with Gasteiger partial charge < -0.3 is 5.32 Å². The maximum absolute atomic E-state index is 12.7. The van der Waals surface area contributed by atoms with E-state index in [-0.39, 0.29) is 22.7 Å². The van der Waals surface area contributed by atoms with Crippen molar-refractivity contribution in [2.45, 2.75) is 24.2 Å². The fourth-order valence-corrected chi connectivity index (χ4v) is 5.30. The molecule has 1 N–H and O–H groups in total. The van der Waals surface area contributed by atoms with Gasteiger partial charge in [-0.2, -0.15) is 4.31 Å². The molecule has 1 spiro atoms. The smallest absolute Gasteiger partial charge is 0.244 e. The van der Waals surface area contributed by atoms with Gasteiger partial charge in [-0.3, -0.25) is 0 Å². The largest absolute Gasteiger partial charge is 0.317 e. The Balaban J connectivity index is 0.00000161. The van der Waals surface area contributed by atoms with Crippen LogP contribution in [0.5, 0.6) is 0 Å². The van der Waals surface area contributed by atoms with Crippen LogP contribution in [0.25, 0.3) is 0 Å². The molecule has 2 heterocycles. The van der Waals surface area contributed by atoms with E-state index in [1.807, 2.05) is 0 Å². The Morgan fingerprint density at radius 2 is 1.81 bits per heavy atom. The maximum Gasteiger partial charge on any atom is 0.244 e. The van der Waals surface area contributed by atoms with E-state index in [1.54, 1.807) is 28.6 Å². The number of halogens is 2. The molecule has 2 aliphatic rings. The third kappa shape index (κ3) is 3.22. The molecule has 3 rings (SSSR count). The van der Waals surface area contributed by atoms with Crippen LogP contribution < -0.4 is 5.32 Å². The molecule has 7 heteroatoms. The van der Waals surface area contributed by atoms with Crippen LogP contribution in [0.15, 0.2) is 29.2 Å². The van der Waals surface area contributed by atoms with E-state index < -0.39 is 10.0 Å². The summed E-state index contributed by atoms with van der Waals surface area (Å²) in [6, 6.07) is 6.69. The van der Waals surface area contributed by atoms with Gasteiger partial charge >= 0.3 is 0 Å². The first-order valence-corrected chi connectivity index (χ1v) is 8.81. The first-order chi connectivity index (χ1) is 9.54. The van der Waals surface area contributed by atoms with E-state index in [9.17, 15) is 8.42 Å². The number of sulfonamides is 1. The standard InChI is InChI=1S/C14H19ClN2O2S.ClH/c15-12-3-1-2-4-13(12)20(18,19)17-10-7-14(11-17)5-8-16-9-6-14;/h1-4,16H,5-11H2;1H. The van der Waals surface area contributed by atoms with Gasteiger partial charge in [-0.25, -0.2) is 8.42 Å². The van der Waals surface area contributed by atoms with Gasteiger partial charge in [0.2, 0.25) is 10.0 Å². The van der Waals surface area contributed by atoms with Crippen molar-refractivity contribution in [3.63, 3.8) is 0 Å². The summed E-state index contributed by atoms with van der Waals surface area (Å²) in [5.74, 6) is 0. The van der Waals surface area contributed by atoms with Crippen molar-refractivity contribution in [1.82, 2.24) is 9.62 Å². The average Bonchev–Trinajstić information content (AvgIpc) is 2.84. The second kappa shape index (κ2) is 6.42. The molecule has 0 aromatic heterocycles. The summed E-state index contributed by atoms with van der Waals surface area (Å²) in [7, 11) is -3.46. The summed E-state index contributed by atoms with van der Waals surface area (Å²) in [4.78, 5) is 0.229. The lowest BCUT2D eigenvalue weighted by atomic mass is 9.78. The molecule has 21 heavy (non-hydrogen) atoms. The van der Waals surface area contributed by atoms with Gasteiger partial charge in [0.15, 0.2) is 0 Å². The van der Waals surface area contributed by atoms with E-state index in [2.05, 4.69) is 5.32 Å². The molecule has 118 valence electrons. The number of hydrogen-bond acceptors (Lipinski definition) is 3. The van der Waals surface area contributed by atoms with Gasteiger partial charge in [-0.15, -0.1) is 12.4 Å². The summed E-state index contributed by atoms with van der Waals surface area (Å²) >= 11 is 6.05. The van der Waals surface area contributed by atoms with E-state index >= 15 is 0 Å². The first kappa shape index (κ1) is 17.0. The topological polar surface area (TPSA) is 49.4 Å². The van der Waals surface area contributed by atoms with Crippen LogP contribution in [0.3, 0.4) is 0 Å². The molecule has 0 amide bonds. The number of piperidine rings is 1. The molecule has 2 fully saturated rings. The van der Waals surface area contributed by atoms with Crippen LogP contribution in [-0.4, -0.2) is 38.9 Å². The monoisotopic (exact) mass is 350 g/mol. The fraction of sp³-hybridized carbons (Fsp3) is 0.571. The highest BCUT2D eigenvalue weighted by Crippen LogP contribution is 2.41. The third-order valence-electron chi connectivity index (χ3n) is 4.52. The lowest BCUT2D eigenvalue weighted by molar-refractivity contribution is 0.218. The molecule has 0 saturated carbocycles. The van der Waals surface area contributed by atoms with Gasteiger partial charge in [0, 0.05) is 13.1 Å². The first-order valence-electron chi connectivity index (χ1n) is 6.99. The SMILES string of the molecule is Cl.O=S(=O)(c1ccccc1Cl)N1CCC2(CCNCC2)C1. The summed E-state index contributed by atoms with van der Waals surface area (Å²) < 4.78 is 27.0. The van der Waals surface area contributed by atoms with Crippen molar-refractivity contribution in [3.8, 4) is 0 Å². The quantitative estimate of drug-likeness (QED) is 0.891. The molecule has 0 aliphatic carbocycles. The van der Waals surface area contributed by atoms with Gasteiger partial charge in [-0.05, 0) is 49.9 Å². The van der Waals surface area contributed by atoms with Crippen LogP contribution >= 0.6 is 24.0 Å². The van der Waals surface area contributed by atoms with Crippen molar-refractivity contribution in [3.05, 3.63) is 29.3 Å². The minimum absolute atomic E-state index is 0. The minimum Gasteiger partial charge on any atom is -0.317 e. The highest BCUT2D eigenvalue weighted by Gasteiger charge is 2.43. The molecule has 2 saturated heterocycles. The molecule has 0 atom stereocenters. The van der Waals surface area contributed by atoms with Gasteiger partial charge in [0.25, 0.3) is 0 Å². The number of hydrogen-bond donors (Lipinski definition) is 1. The van der Waals surface area contributed by atoms with Crippen LogP contribution in [0.4, 0.5) is 0 Å². The molecule has 0 unspecified atom stereocenters. The Hall–Kier alpha value is -0.330. The fourth-order valence-electron chi connectivity index (χ4n) is 3.26. The van der Waals surface area contributed by atoms with Crippen molar-refractivity contribution in [2.24, 2.45) is 5.41 Å². The molecule has 4 nitrogen and oxygen atoms in total. The Labute approximate surface area is 137 Å². The van der Waals surface area contributed by atoms with E-state index in [0.717, 1.165) is 32.4 Å². The number of nitrogens with one attached hydrogen (secondary N) is 1. The predicted molar refractivity (Wildman–Crippen MR) is 86.6 cm³/mol.